The number of thiophene rings is 1. The smallest absolute Gasteiger partial charge is 0.157 e. The molecule has 0 aromatic carbocycles. The summed E-state index contributed by atoms with van der Waals surface area (Å²) in [4.78, 5) is 9.38. The van der Waals surface area contributed by atoms with Gasteiger partial charge in [-0.15, -0.1) is 23.7 Å². The Morgan fingerprint density at radius 3 is 3.19 bits per heavy atom. The minimum atomic E-state index is 0.342. The van der Waals surface area contributed by atoms with E-state index in [0.717, 1.165) is 10.2 Å². The summed E-state index contributed by atoms with van der Waals surface area (Å²) < 4.78 is 5.32. The second-order valence-corrected chi connectivity index (χ2v) is 4.33. The predicted octanol–water partition coefficient (Wildman–Crippen LogP) is 2.88. The average Bonchev–Trinajstić information content (AvgIpc) is 2.73. The summed E-state index contributed by atoms with van der Waals surface area (Å²) in [5.41, 5.74) is 0. The van der Waals surface area contributed by atoms with Crippen molar-refractivity contribution in [2.45, 2.75) is 13.0 Å². The van der Waals surface area contributed by atoms with Gasteiger partial charge in [0.15, 0.2) is 5.82 Å². The summed E-state index contributed by atoms with van der Waals surface area (Å²) >= 11 is 7.55. The van der Waals surface area contributed by atoms with E-state index in [1.807, 2.05) is 11.4 Å². The van der Waals surface area contributed by atoms with Crippen LogP contribution >= 0.6 is 22.9 Å². The van der Waals surface area contributed by atoms with E-state index < -0.39 is 0 Å². The molecule has 0 atom stereocenters. The molecule has 0 fully saturated rings. The number of hydrogen-bond acceptors (Lipinski definition) is 4. The lowest BCUT2D eigenvalue weighted by Gasteiger charge is -2.02. The number of hydrogen-bond donors (Lipinski definition) is 0. The summed E-state index contributed by atoms with van der Waals surface area (Å²) in [6, 6.07) is 1.91. The molecule has 82 valence electrons. The fourth-order valence-corrected chi connectivity index (χ4v) is 2.31. The van der Waals surface area contributed by atoms with Gasteiger partial charge in [-0.05, 0) is 11.4 Å². The molecule has 0 radical (unpaired) electrons. The van der Waals surface area contributed by atoms with Gasteiger partial charge in [-0.1, -0.05) is 11.6 Å². The summed E-state index contributed by atoms with van der Waals surface area (Å²) in [5.74, 6) is 3.10. The Hall–Kier alpha value is -1.15. The minimum Gasteiger partial charge on any atom is -0.372 e. The van der Waals surface area contributed by atoms with Gasteiger partial charge in [0.2, 0.25) is 0 Å². The van der Waals surface area contributed by atoms with Crippen LogP contribution in [0.1, 0.15) is 12.2 Å². The van der Waals surface area contributed by atoms with E-state index in [0.29, 0.717) is 30.6 Å². The number of nitrogens with zero attached hydrogens (tertiary/aromatic N) is 2. The normalized spacial score (nSPS) is 10.5. The van der Waals surface area contributed by atoms with Gasteiger partial charge in [0.1, 0.15) is 16.6 Å². The molecule has 0 aliphatic rings. The first kappa shape index (κ1) is 11.3. The fourth-order valence-electron chi connectivity index (χ4n) is 1.22. The van der Waals surface area contributed by atoms with Crippen LogP contribution in [0, 0.1) is 12.3 Å². The molecule has 0 saturated heterocycles. The third-order valence-corrected chi connectivity index (χ3v) is 3.04. The lowest BCUT2D eigenvalue weighted by Crippen LogP contribution is -2.00. The highest BCUT2D eigenvalue weighted by Crippen LogP contribution is 2.24. The predicted molar refractivity (Wildman–Crippen MR) is 65.5 cm³/mol. The molecule has 0 aliphatic carbocycles. The molecular formula is C11H9ClN2OS. The molecule has 0 unspecified atom stereocenters. The van der Waals surface area contributed by atoms with Crippen molar-refractivity contribution in [3.63, 3.8) is 0 Å². The Morgan fingerprint density at radius 1 is 1.50 bits per heavy atom. The Morgan fingerprint density at radius 2 is 2.38 bits per heavy atom. The molecule has 2 rings (SSSR count). The van der Waals surface area contributed by atoms with Crippen molar-refractivity contribution >= 4 is 33.2 Å². The maximum absolute atomic E-state index is 6.01. The molecule has 3 nitrogen and oxygen atoms in total. The SMILES string of the molecule is C#CCCOCc1nc(Cl)c2ccsc2n1. The molecule has 5 heteroatoms. The van der Waals surface area contributed by atoms with Crippen molar-refractivity contribution in [2.75, 3.05) is 6.61 Å². The average molecular weight is 253 g/mol. The highest BCUT2D eigenvalue weighted by atomic mass is 35.5. The molecule has 16 heavy (non-hydrogen) atoms. The first-order chi connectivity index (χ1) is 7.81. The van der Waals surface area contributed by atoms with Crippen molar-refractivity contribution in [1.82, 2.24) is 9.97 Å². The van der Waals surface area contributed by atoms with Crippen LogP contribution in [0.3, 0.4) is 0 Å². The van der Waals surface area contributed by atoms with E-state index in [2.05, 4.69) is 15.9 Å². The van der Waals surface area contributed by atoms with E-state index >= 15 is 0 Å². The second-order valence-electron chi connectivity index (χ2n) is 3.08. The van der Waals surface area contributed by atoms with Crippen molar-refractivity contribution in [3.05, 3.63) is 22.4 Å². The van der Waals surface area contributed by atoms with Gasteiger partial charge < -0.3 is 4.74 Å². The largest absolute Gasteiger partial charge is 0.372 e. The molecular weight excluding hydrogens is 244 g/mol. The van der Waals surface area contributed by atoms with Crippen LogP contribution < -0.4 is 0 Å². The quantitative estimate of drug-likeness (QED) is 0.477. The van der Waals surface area contributed by atoms with Crippen molar-refractivity contribution in [1.29, 1.82) is 0 Å². The summed E-state index contributed by atoms with van der Waals surface area (Å²) in [6.45, 7) is 0.856. The van der Waals surface area contributed by atoms with Gasteiger partial charge >= 0.3 is 0 Å². The highest BCUT2D eigenvalue weighted by molar-refractivity contribution is 7.16. The van der Waals surface area contributed by atoms with E-state index in [1.165, 1.54) is 11.3 Å². The molecule has 0 saturated carbocycles. The van der Waals surface area contributed by atoms with E-state index in [9.17, 15) is 0 Å². The molecule has 2 heterocycles. The zero-order valence-corrected chi connectivity index (χ0v) is 10.0. The Kier molecular flexibility index (Phi) is 3.73. The lowest BCUT2D eigenvalue weighted by molar-refractivity contribution is 0.121. The monoisotopic (exact) mass is 252 g/mol. The van der Waals surface area contributed by atoms with Gasteiger partial charge in [-0.2, -0.15) is 0 Å². The number of fused-ring (bicyclic) bond motifs is 1. The zero-order valence-electron chi connectivity index (χ0n) is 8.44. The van der Waals surface area contributed by atoms with Crippen LogP contribution in [0.25, 0.3) is 10.2 Å². The fraction of sp³-hybridized carbons (Fsp3) is 0.273. The van der Waals surface area contributed by atoms with Gasteiger partial charge in [-0.25, -0.2) is 9.97 Å². The standard InChI is InChI=1S/C11H9ClN2OS/c1-2-3-5-15-7-9-13-10(12)8-4-6-16-11(8)14-9/h1,4,6H,3,5,7H2. The highest BCUT2D eigenvalue weighted by Gasteiger charge is 2.06. The Labute approximate surface area is 102 Å². The summed E-state index contributed by atoms with van der Waals surface area (Å²) in [5, 5.41) is 3.30. The lowest BCUT2D eigenvalue weighted by atomic mass is 10.4. The van der Waals surface area contributed by atoms with E-state index in [4.69, 9.17) is 22.8 Å². The summed E-state index contributed by atoms with van der Waals surface area (Å²) in [6.07, 6.45) is 5.70. The number of aromatic nitrogens is 2. The zero-order chi connectivity index (χ0) is 11.4. The van der Waals surface area contributed by atoms with E-state index in [1.54, 1.807) is 0 Å². The van der Waals surface area contributed by atoms with Gasteiger partial charge in [0.25, 0.3) is 0 Å². The van der Waals surface area contributed by atoms with Gasteiger partial charge in [0.05, 0.1) is 6.61 Å². The molecule has 2 aromatic heterocycles. The summed E-state index contributed by atoms with van der Waals surface area (Å²) in [7, 11) is 0. The molecule has 0 amide bonds. The van der Waals surface area contributed by atoms with Crippen LogP contribution in [0.5, 0.6) is 0 Å². The number of ether oxygens (including phenoxy) is 1. The molecule has 0 aliphatic heterocycles. The van der Waals surface area contributed by atoms with Gasteiger partial charge in [-0.3, -0.25) is 0 Å². The first-order valence-electron chi connectivity index (χ1n) is 4.72. The number of rotatable bonds is 4. The first-order valence-corrected chi connectivity index (χ1v) is 5.98. The second kappa shape index (κ2) is 5.26. The van der Waals surface area contributed by atoms with Crippen molar-refractivity contribution < 1.29 is 4.74 Å². The van der Waals surface area contributed by atoms with E-state index in [-0.39, 0.29) is 0 Å². The molecule has 0 spiro atoms. The third-order valence-electron chi connectivity index (χ3n) is 1.95. The Balaban J connectivity index is 2.10. The molecule has 0 bridgehead atoms. The topological polar surface area (TPSA) is 35.0 Å². The van der Waals surface area contributed by atoms with Gasteiger partial charge in [0, 0.05) is 11.8 Å². The van der Waals surface area contributed by atoms with Crippen LogP contribution in [-0.2, 0) is 11.3 Å². The maximum Gasteiger partial charge on any atom is 0.157 e. The van der Waals surface area contributed by atoms with Crippen LogP contribution in [0.2, 0.25) is 5.15 Å². The third kappa shape index (κ3) is 2.50. The minimum absolute atomic E-state index is 0.342. The van der Waals surface area contributed by atoms with Crippen LogP contribution in [0.15, 0.2) is 11.4 Å². The van der Waals surface area contributed by atoms with Crippen LogP contribution in [-0.4, -0.2) is 16.6 Å². The molecule has 2 aromatic rings. The van der Waals surface area contributed by atoms with Crippen LogP contribution in [0.4, 0.5) is 0 Å². The maximum atomic E-state index is 6.01. The number of halogens is 1. The van der Waals surface area contributed by atoms with Crippen molar-refractivity contribution in [3.8, 4) is 12.3 Å². The number of terminal acetylenes is 1. The molecule has 0 N–H and O–H groups in total. The van der Waals surface area contributed by atoms with Crippen molar-refractivity contribution in [2.24, 2.45) is 0 Å². The Bertz CT molecular complexity index is 532.